The number of amides is 4. The number of imide groups is 1. The molecule has 2 aliphatic rings. The molecule has 1 aliphatic carbocycles. The Morgan fingerprint density at radius 3 is 2.74 bits per heavy atom. The molecule has 4 amide bonds. The first-order chi connectivity index (χ1) is 13.0. The highest BCUT2D eigenvalue weighted by Crippen LogP contribution is 2.38. The number of nitrogens with one attached hydrogen (secondary N) is 1. The largest absolute Gasteiger partial charge is 0.325 e. The lowest BCUT2D eigenvalue weighted by atomic mass is 9.73. The molecule has 1 aromatic rings. The van der Waals surface area contributed by atoms with E-state index in [2.05, 4.69) is 5.32 Å². The van der Waals surface area contributed by atoms with Crippen molar-refractivity contribution in [3.63, 3.8) is 0 Å². The molecule has 2 fully saturated rings. The minimum atomic E-state index is -0.875. The number of hydrogen-bond acceptors (Lipinski definition) is 4. The monoisotopic (exact) mass is 368 g/mol. The van der Waals surface area contributed by atoms with E-state index < -0.39 is 11.6 Å². The van der Waals surface area contributed by atoms with Crippen LogP contribution >= 0.6 is 0 Å². The summed E-state index contributed by atoms with van der Waals surface area (Å²) in [4.78, 5) is 40.9. The molecule has 7 heteroatoms. The summed E-state index contributed by atoms with van der Waals surface area (Å²) in [6.07, 6.45) is 3.59. The van der Waals surface area contributed by atoms with Gasteiger partial charge in [-0.05, 0) is 30.9 Å². The van der Waals surface area contributed by atoms with Gasteiger partial charge in [-0.2, -0.15) is 5.26 Å². The Morgan fingerprint density at radius 2 is 2.07 bits per heavy atom. The topological polar surface area (TPSA) is 93.5 Å². The van der Waals surface area contributed by atoms with Crippen LogP contribution in [0.15, 0.2) is 30.3 Å². The smallest absolute Gasteiger partial charge is 0.323 e. The molecule has 0 aromatic heterocycles. The van der Waals surface area contributed by atoms with Crippen molar-refractivity contribution in [2.45, 2.75) is 44.6 Å². The Labute approximate surface area is 158 Å². The first-order valence-electron chi connectivity index (χ1n) is 9.36. The van der Waals surface area contributed by atoms with Crippen LogP contribution in [0.3, 0.4) is 0 Å². The highest BCUT2D eigenvalue weighted by atomic mass is 16.2. The third-order valence-corrected chi connectivity index (χ3v) is 5.61. The van der Waals surface area contributed by atoms with E-state index in [0.29, 0.717) is 12.1 Å². The Bertz CT molecular complexity index is 773. The molecule has 27 heavy (non-hydrogen) atoms. The number of carbonyl (C=O) groups excluding carboxylic acids is 3. The van der Waals surface area contributed by atoms with E-state index in [-0.39, 0.29) is 37.2 Å². The fourth-order valence-corrected chi connectivity index (χ4v) is 4.03. The molecule has 2 unspecified atom stereocenters. The van der Waals surface area contributed by atoms with Crippen LogP contribution in [-0.2, 0) is 9.59 Å². The van der Waals surface area contributed by atoms with Gasteiger partial charge in [-0.1, -0.05) is 38.0 Å². The maximum absolute atomic E-state index is 13.0. The lowest BCUT2D eigenvalue weighted by Crippen LogP contribution is -2.54. The second-order valence-corrected chi connectivity index (χ2v) is 7.23. The van der Waals surface area contributed by atoms with Crippen molar-refractivity contribution in [2.24, 2.45) is 5.92 Å². The van der Waals surface area contributed by atoms with Gasteiger partial charge in [0.25, 0.3) is 5.91 Å². The lowest BCUT2D eigenvalue weighted by molar-refractivity contribution is -0.136. The van der Waals surface area contributed by atoms with Gasteiger partial charge in [0.15, 0.2) is 0 Å². The number of para-hydroxylation sites is 1. The molecule has 1 aliphatic heterocycles. The number of nitriles is 1. The summed E-state index contributed by atoms with van der Waals surface area (Å²) >= 11 is 0. The SMILES string of the molecule is CC1CCCCC12NC(=O)N(CC(=O)N(CCC#N)c1ccccc1)C2=O. The molecule has 0 radical (unpaired) electrons. The van der Waals surface area contributed by atoms with E-state index in [4.69, 9.17) is 5.26 Å². The maximum Gasteiger partial charge on any atom is 0.325 e. The molecule has 2 atom stereocenters. The lowest BCUT2D eigenvalue weighted by Gasteiger charge is -2.36. The Morgan fingerprint density at radius 1 is 1.33 bits per heavy atom. The number of rotatable bonds is 5. The molecule has 1 aromatic carbocycles. The van der Waals surface area contributed by atoms with Gasteiger partial charge in [-0.3, -0.25) is 14.5 Å². The van der Waals surface area contributed by atoms with Gasteiger partial charge in [0.2, 0.25) is 5.91 Å². The quantitative estimate of drug-likeness (QED) is 0.808. The number of anilines is 1. The van der Waals surface area contributed by atoms with Crippen molar-refractivity contribution in [3.8, 4) is 6.07 Å². The molecule has 7 nitrogen and oxygen atoms in total. The van der Waals surface area contributed by atoms with Gasteiger partial charge >= 0.3 is 6.03 Å². The highest BCUT2D eigenvalue weighted by Gasteiger charge is 2.55. The number of hydrogen-bond donors (Lipinski definition) is 1. The number of benzene rings is 1. The van der Waals surface area contributed by atoms with Crippen molar-refractivity contribution in [1.82, 2.24) is 10.2 Å². The summed E-state index contributed by atoms with van der Waals surface area (Å²) < 4.78 is 0. The van der Waals surface area contributed by atoms with E-state index in [9.17, 15) is 14.4 Å². The third kappa shape index (κ3) is 3.52. The zero-order valence-corrected chi connectivity index (χ0v) is 15.5. The molecule has 1 saturated heterocycles. The predicted octanol–water partition coefficient (Wildman–Crippen LogP) is 2.43. The number of carbonyl (C=O) groups is 3. The van der Waals surface area contributed by atoms with E-state index in [0.717, 1.165) is 24.2 Å². The van der Waals surface area contributed by atoms with Crippen molar-refractivity contribution in [3.05, 3.63) is 30.3 Å². The second kappa shape index (κ2) is 7.78. The number of nitrogens with zero attached hydrogens (tertiary/aromatic N) is 3. The zero-order valence-electron chi connectivity index (χ0n) is 15.5. The van der Waals surface area contributed by atoms with Crippen LogP contribution in [0.4, 0.5) is 10.5 Å². The molecule has 3 rings (SSSR count). The molecule has 0 bridgehead atoms. The zero-order chi connectivity index (χ0) is 19.4. The number of urea groups is 1. The van der Waals surface area contributed by atoms with Crippen LogP contribution in [-0.4, -0.2) is 41.4 Å². The first-order valence-corrected chi connectivity index (χ1v) is 9.36. The average Bonchev–Trinajstić information content (AvgIpc) is 2.90. The minimum absolute atomic E-state index is 0.0478. The van der Waals surface area contributed by atoms with Crippen molar-refractivity contribution < 1.29 is 14.4 Å². The van der Waals surface area contributed by atoms with Gasteiger partial charge in [0.05, 0.1) is 12.5 Å². The van der Waals surface area contributed by atoms with Crippen LogP contribution < -0.4 is 10.2 Å². The molecule has 1 heterocycles. The van der Waals surface area contributed by atoms with Crippen LogP contribution in [0, 0.1) is 17.2 Å². The standard InChI is InChI=1S/C20H24N4O3/c1-15-8-5-6-11-20(15)18(26)24(19(27)22-20)14-17(25)23(13-7-12-21)16-9-3-2-4-10-16/h2-4,9-10,15H,5-8,11,13-14H2,1H3,(H,22,27). The van der Waals surface area contributed by atoms with Crippen LogP contribution in [0.25, 0.3) is 0 Å². The minimum Gasteiger partial charge on any atom is -0.323 e. The molecule has 142 valence electrons. The fourth-order valence-electron chi connectivity index (χ4n) is 4.03. The summed E-state index contributed by atoms with van der Waals surface area (Å²) in [5.74, 6) is -0.631. The van der Waals surface area contributed by atoms with Crippen LogP contribution in [0.2, 0.25) is 0 Å². The average molecular weight is 368 g/mol. The summed E-state index contributed by atoms with van der Waals surface area (Å²) in [7, 11) is 0. The van der Waals surface area contributed by atoms with Crippen molar-refractivity contribution >= 4 is 23.5 Å². The van der Waals surface area contributed by atoms with E-state index in [1.807, 2.05) is 19.1 Å². The van der Waals surface area contributed by atoms with E-state index in [1.54, 1.807) is 24.3 Å². The van der Waals surface area contributed by atoms with Crippen molar-refractivity contribution in [1.29, 1.82) is 5.26 Å². The predicted molar refractivity (Wildman–Crippen MR) is 99.6 cm³/mol. The summed E-state index contributed by atoms with van der Waals surface area (Å²) in [6.45, 7) is 1.87. The Balaban J connectivity index is 1.78. The summed E-state index contributed by atoms with van der Waals surface area (Å²) in [5.41, 5.74) is -0.231. The van der Waals surface area contributed by atoms with Crippen LogP contribution in [0.1, 0.15) is 39.0 Å². The Hall–Kier alpha value is -2.88. The maximum atomic E-state index is 13.0. The van der Waals surface area contributed by atoms with Crippen molar-refractivity contribution in [2.75, 3.05) is 18.0 Å². The molecular formula is C20H24N4O3. The second-order valence-electron chi connectivity index (χ2n) is 7.23. The normalized spacial score (nSPS) is 24.6. The highest BCUT2D eigenvalue weighted by molar-refractivity contribution is 6.10. The van der Waals surface area contributed by atoms with Gasteiger partial charge in [-0.15, -0.1) is 0 Å². The van der Waals surface area contributed by atoms with E-state index in [1.165, 1.54) is 4.90 Å². The fraction of sp³-hybridized carbons (Fsp3) is 0.500. The van der Waals surface area contributed by atoms with Crippen LogP contribution in [0.5, 0.6) is 0 Å². The summed E-state index contributed by atoms with van der Waals surface area (Å²) in [6, 6.07) is 10.5. The third-order valence-electron chi connectivity index (χ3n) is 5.61. The van der Waals surface area contributed by atoms with Gasteiger partial charge in [0.1, 0.15) is 12.1 Å². The summed E-state index contributed by atoms with van der Waals surface area (Å²) in [5, 5.41) is 11.8. The molecule has 1 N–H and O–H groups in total. The molecule has 1 saturated carbocycles. The van der Waals surface area contributed by atoms with E-state index >= 15 is 0 Å². The molecular weight excluding hydrogens is 344 g/mol. The van der Waals surface area contributed by atoms with Gasteiger partial charge < -0.3 is 10.2 Å². The van der Waals surface area contributed by atoms with Gasteiger partial charge in [0, 0.05) is 12.2 Å². The first kappa shape index (κ1) is 18.9. The molecule has 1 spiro atoms. The van der Waals surface area contributed by atoms with Gasteiger partial charge in [-0.25, -0.2) is 4.79 Å². The Kier molecular flexibility index (Phi) is 5.45.